The van der Waals surface area contributed by atoms with Gasteiger partial charge in [-0.05, 0) is 64.1 Å². The third-order valence-electron chi connectivity index (χ3n) is 5.43. The summed E-state index contributed by atoms with van der Waals surface area (Å²) in [5.41, 5.74) is 0.370. The maximum absolute atomic E-state index is 10.5. The van der Waals surface area contributed by atoms with Crippen LogP contribution >= 0.6 is 0 Å². The molecule has 1 aliphatic carbocycles. The molecule has 0 aromatic carbocycles. The van der Waals surface area contributed by atoms with Crippen LogP contribution in [0.4, 0.5) is 0 Å². The summed E-state index contributed by atoms with van der Waals surface area (Å²) in [5.74, 6) is 0.747. The highest BCUT2D eigenvalue weighted by molar-refractivity contribution is 4.95. The molecule has 118 valence electrons. The van der Waals surface area contributed by atoms with Crippen LogP contribution in [0.3, 0.4) is 0 Å². The third kappa shape index (κ3) is 3.75. The van der Waals surface area contributed by atoms with E-state index < -0.39 is 0 Å². The Kier molecular flexibility index (Phi) is 5.14. The summed E-state index contributed by atoms with van der Waals surface area (Å²) in [6, 6.07) is 1.03. The lowest BCUT2D eigenvalue weighted by molar-refractivity contribution is -0.0245. The molecule has 2 rings (SSSR count). The lowest BCUT2D eigenvalue weighted by Crippen LogP contribution is -2.52. The second kappa shape index (κ2) is 6.33. The van der Waals surface area contributed by atoms with Gasteiger partial charge in [0.25, 0.3) is 0 Å². The van der Waals surface area contributed by atoms with Gasteiger partial charge in [0.2, 0.25) is 0 Å². The minimum atomic E-state index is -0.114. The molecule has 0 spiro atoms. The van der Waals surface area contributed by atoms with Crippen molar-refractivity contribution in [2.75, 3.05) is 27.2 Å². The van der Waals surface area contributed by atoms with E-state index in [0.29, 0.717) is 17.5 Å². The zero-order chi connectivity index (χ0) is 14.9. The monoisotopic (exact) mass is 282 g/mol. The predicted molar refractivity (Wildman–Crippen MR) is 84.9 cm³/mol. The van der Waals surface area contributed by atoms with E-state index >= 15 is 0 Å². The Morgan fingerprint density at radius 3 is 2.45 bits per heavy atom. The molecule has 4 atom stereocenters. The third-order valence-corrected chi connectivity index (χ3v) is 5.43. The van der Waals surface area contributed by atoms with Crippen LogP contribution in [0.5, 0.6) is 0 Å². The predicted octanol–water partition coefficient (Wildman–Crippen LogP) is 2.59. The van der Waals surface area contributed by atoms with Crippen LogP contribution in [0.25, 0.3) is 0 Å². The van der Waals surface area contributed by atoms with Gasteiger partial charge in [-0.25, -0.2) is 0 Å². The number of aliphatic hydroxyl groups is 1. The van der Waals surface area contributed by atoms with Crippen molar-refractivity contribution in [1.82, 2.24) is 9.80 Å². The molecule has 1 aliphatic heterocycles. The lowest BCUT2D eigenvalue weighted by atomic mass is 9.70. The van der Waals surface area contributed by atoms with Crippen molar-refractivity contribution >= 4 is 0 Å². The largest absolute Gasteiger partial charge is 0.391 e. The summed E-state index contributed by atoms with van der Waals surface area (Å²) in [4.78, 5) is 4.92. The second-order valence-electron chi connectivity index (χ2n) is 8.31. The van der Waals surface area contributed by atoms with Gasteiger partial charge < -0.3 is 10.0 Å². The molecule has 0 aromatic rings. The number of hydrogen-bond donors (Lipinski definition) is 1. The Bertz CT molecular complexity index is 311. The first kappa shape index (κ1) is 16.3. The molecule has 1 heterocycles. The number of aliphatic hydroxyl groups excluding tert-OH is 1. The van der Waals surface area contributed by atoms with Crippen molar-refractivity contribution in [3.63, 3.8) is 0 Å². The molecule has 20 heavy (non-hydrogen) atoms. The molecular formula is C17H34N2O. The fourth-order valence-corrected chi connectivity index (χ4v) is 4.19. The van der Waals surface area contributed by atoms with Gasteiger partial charge >= 0.3 is 0 Å². The van der Waals surface area contributed by atoms with Gasteiger partial charge in [-0.3, -0.25) is 4.90 Å². The van der Waals surface area contributed by atoms with Gasteiger partial charge in [-0.2, -0.15) is 0 Å². The van der Waals surface area contributed by atoms with Crippen LogP contribution in [0.2, 0.25) is 0 Å². The first-order chi connectivity index (χ1) is 9.29. The van der Waals surface area contributed by atoms with Crippen LogP contribution in [-0.2, 0) is 0 Å². The minimum absolute atomic E-state index is 0.114. The molecule has 3 heteroatoms. The maximum atomic E-state index is 10.5. The minimum Gasteiger partial charge on any atom is -0.391 e. The van der Waals surface area contributed by atoms with E-state index in [4.69, 9.17) is 0 Å². The van der Waals surface area contributed by atoms with E-state index in [0.717, 1.165) is 18.9 Å². The van der Waals surface area contributed by atoms with Gasteiger partial charge in [-0.1, -0.05) is 20.8 Å². The Morgan fingerprint density at radius 1 is 1.15 bits per heavy atom. The molecule has 0 aromatic heterocycles. The Labute approximate surface area is 125 Å². The van der Waals surface area contributed by atoms with Crippen LogP contribution in [0, 0.1) is 11.3 Å². The number of likely N-dealkylation sites (tertiary alicyclic amines) is 1. The molecule has 0 amide bonds. The van der Waals surface area contributed by atoms with Crippen molar-refractivity contribution in [2.45, 2.75) is 71.1 Å². The van der Waals surface area contributed by atoms with Gasteiger partial charge in [-0.15, -0.1) is 0 Å². The van der Waals surface area contributed by atoms with E-state index in [1.54, 1.807) is 0 Å². The fraction of sp³-hybridized carbons (Fsp3) is 1.00. The molecule has 2 fully saturated rings. The molecule has 4 unspecified atom stereocenters. The zero-order valence-corrected chi connectivity index (χ0v) is 14.1. The molecule has 1 N–H and O–H groups in total. The first-order valence-electron chi connectivity index (χ1n) is 8.37. The molecule has 1 saturated heterocycles. The normalized spacial score (nSPS) is 36.8. The highest BCUT2D eigenvalue weighted by Crippen LogP contribution is 2.40. The maximum Gasteiger partial charge on any atom is 0.0695 e. The van der Waals surface area contributed by atoms with Crippen LogP contribution in [-0.4, -0.2) is 60.3 Å². The number of nitrogens with zero attached hydrogens (tertiary/aromatic N) is 2. The quantitative estimate of drug-likeness (QED) is 0.862. The van der Waals surface area contributed by atoms with E-state index in [-0.39, 0.29) is 6.10 Å². The van der Waals surface area contributed by atoms with Gasteiger partial charge in [0.15, 0.2) is 0 Å². The van der Waals surface area contributed by atoms with E-state index in [9.17, 15) is 5.11 Å². The average Bonchev–Trinajstić information content (AvgIpc) is 2.75. The van der Waals surface area contributed by atoms with E-state index in [2.05, 4.69) is 44.7 Å². The van der Waals surface area contributed by atoms with Crippen molar-refractivity contribution in [3.05, 3.63) is 0 Å². The second-order valence-corrected chi connectivity index (χ2v) is 8.31. The van der Waals surface area contributed by atoms with E-state index in [1.807, 2.05) is 0 Å². The summed E-state index contributed by atoms with van der Waals surface area (Å²) in [6.07, 6.45) is 5.82. The molecule has 2 aliphatic rings. The van der Waals surface area contributed by atoms with Crippen molar-refractivity contribution in [1.29, 1.82) is 0 Å². The molecule has 0 radical (unpaired) electrons. The summed E-state index contributed by atoms with van der Waals surface area (Å²) in [5, 5.41) is 10.5. The number of rotatable bonds is 3. The van der Waals surface area contributed by atoms with Gasteiger partial charge in [0.1, 0.15) is 0 Å². The molecule has 3 nitrogen and oxygen atoms in total. The topological polar surface area (TPSA) is 26.7 Å². The summed E-state index contributed by atoms with van der Waals surface area (Å²) < 4.78 is 0. The van der Waals surface area contributed by atoms with Crippen molar-refractivity contribution in [2.24, 2.45) is 11.3 Å². The molecular weight excluding hydrogens is 248 g/mol. The number of hydrogen-bond acceptors (Lipinski definition) is 3. The SMILES string of the molecule is CN(C)CC1CCCN1C1CC(C(C)(C)C)CCC1O. The first-order valence-corrected chi connectivity index (χ1v) is 8.37. The van der Waals surface area contributed by atoms with Crippen LogP contribution in [0.15, 0.2) is 0 Å². The van der Waals surface area contributed by atoms with Crippen LogP contribution < -0.4 is 0 Å². The zero-order valence-electron chi connectivity index (χ0n) is 14.1. The highest BCUT2D eigenvalue weighted by Gasteiger charge is 2.41. The van der Waals surface area contributed by atoms with Crippen molar-refractivity contribution in [3.8, 4) is 0 Å². The standard InChI is InChI=1S/C17H34N2O/c1-17(2,3)13-8-9-16(20)15(11-13)19-10-6-7-14(19)12-18(4)5/h13-16,20H,6-12H2,1-5H3. The van der Waals surface area contributed by atoms with Crippen LogP contribution in [0.1, 0.15) is 52.9 Å². The summed E-state index contributed by atoms with van der Waals surface area (Å²) in [7, 11) is 4.32. The summed E-state index contributed by atoms with van der Waals surface area (Å²) in [6.45, 7) is 9.37. The highest BCUT2D eigenvalue weighted by atomic mass is 16.3. The Hall–Kier alpha value is -0.120. The Morgan fingerprint density at radius 2 is 1.85 bits per heavy atom. The van der Waals surface area contributed by atoms with Crippen molar-refractivity contribution < 1.29 is 5.11 Å². The molecule has 1 saturated carbocycles. The average molecular weight is 282 g/mol. The van der Waals surface area contributed by atoms with Gasteiger partial charge in [0, 0.05) is 18.6 Å². The number of likely N-dealkylation sites (N-methyl/N-ethyl adjacent to an activating group) is 1. The Balaban J connectivity index is 2.04. The fourth-order valence-electron chi connectivity index (χ4n) is 4.19. The summed E-state index contributed by atoms with van der Waals surface area (Å²) >= 11 is 0. The van der Waals surface area contributed by atoms with Gasteiger partial charge in [0.05, 0.1) is 6.10 Å². The van der Waals surface area contributed by atoms with E-state index in [1.165, 1.54) is 32.2 Å². The smallest absolute Gasteiger partial charge is 0.0695 e. The molecule has 0 bridgehead atoms. The lowest BCUT2D eigenvalue weighted by Gasteiger charge is -2.45.